The zero-order valence-electron chi connectivity index (χ0n) is 17.1. The van der Waals surface area contributed by atoms with Crippen molar-refractivity contribution in [3.63, 3.8) is 0 Å². The van der Waals surface area contributed by atoms with Crippen molar-refractivity contribution in [2.75, 3.05) is 12.4 Å². The Kier molecular flexibility index (Phi) is 6.73. The lowest BCUT2D eigenvalue weighted by Gasteiger charge is -2.26. The van der Waals surface area contributed by atoms with Crippen LogP contribution in [-0.4, -0.2) is 27.7 Å². The van der Waals surface area contributed by atoms with Crippen LogP contribution in [-0.2, 0) is 21.9 Å². The highest BCUT2D eigenvalue weighted by Crippen LogP contribution is 2.44. The smallest absolute Gasteiger partial charge is 0.323 e. The molecule has 0 bridgehead atoms. The van der Waals surface area contributed by atoms with Gasteiger partial charge < -0.3 is 15.5 Å². The lowest BCUT2D eigenvalue weighted by Crippen LogP contribution is -2.41. The van der Waals surface area contributed by atoms with Gasteiger partial charge in [0.2, 0.25) is 0 Å². The van der Waals surface area contributed by atoms with E-state index in [1.807, 2.05) is 11.8 Å². The summed E-state index contributed by atoms with van der Waals surface area (Å²) in [5.41, 5.74) is 9.91. The molecule has 7 heteroatoms. The molecule has 4 rings (SSSR count). The number of hydrogen-bond donors (Lipinski definition) is 3. The molecule has 1 fully saturated rings. The number of aryl methyl sites for hydroxylation is 1. The van der Waals surface area contributed by atoms with Gasteiger partial charge >= 0.3 is 7.82 Å². The molecule has 0 aromatic heterocycles. The van der Waals surface area contributed by atoms with Crippen molar-refractivity contribution in [2.24, 2.45) is 11.7 Å². The molecule has 162 valence electrons. The summed E-state index contributed by atoms with van der Waals surface area (Å²) >= 11 is 1.95. The van der Waals surface area contributed by atoms with Gasteiger partial charge in [-0.2, -0.15) is 0 Å². The van der Waals surface area contributed by atoms with Crippen LogP contribution in [0.25, 0.3) is 0 Å². The van der Waals surface area contributed by atoms with E-state index in [0.29, 0.717) is 24.7 Å². The first kappa shape index (κ1) is 22.1. The average Bonchev–Trinajstić information content (AvgIpc) is 3.13. The summed E-state index contributed by atoms with van der Waals surface area (Å²) < 4.78 is 15.7. The fourth-order valence-electron chi connectivity index (χ4n) is 4.76. The van der Waals surface area contributed by atoms with Crippen LogP contribution in [0.5, 0.6) is 0 Å². The Morgan fingerprint density at radius 1 is 1.13 bits per heavy atom. The molecule has 0 amide bonds. The van der Waals surface area contributed by atoms with Crippen molar-refractivity contribution < 1.29 is 18.9 Å². The third-order valence-corrected chi connectivity index (χ3v) is 8.13. The topological polar surface area (TPSA) is 92.8 Å². The molecule has 30 heavy (non-hydrogen) atoms. The van der Waals surface area contributed by atoms with Crippen LogP contribution in [0.4, 0.5) is 0 Å². The minimum Gasteiger partial charge on any atom is -0.323 e. The Hall–Kier alpha value is -1.14. The summed E-state index contributed by atoms with van der Waals surface area (Å²) in [6.45, 7) is -0.0977. The Balaban J connectivity index is 1.34. The fourth-order valence-corrected chi connectivity index (χ4v) is 6.25. The number of hydrogen-bond acceptors (Lipinski definition) is 4. The minimum absolute atomic E-state index is 0.0977. The predicted octanol–water partition coefficient (Wildman–Crippen LogP) is 4.66. The van der Waals surface area contributed by atoms with Crippen LogP contribution in [0.1, 0.15) is 48.3 Å². The molecule has 2 aromatic carbocycles. The molecule has 0 aliphatic heterocycles. The van der Waals surface area contributed by atoms with Crippen molar-refractivity contribution >= 4 is 19.6 Å². The lowest BCUT2D eigenvalue weighted by molar-refractivity contribution is 0.153. The van der Waals surface area contributed by atoms with Crippen molar-refractivity contribution in [1.29, 1.82) is 0 Å². The van der Waals surface area contributed by atoms with Gasteiger partial charge in [-0.1, -0.05) is 36.4 Å². The van der Waals surface area contributed by atoms with E-state index in [2.05, 4.69) is 48.5 Å². The molecule has 2 aliphatic carbocycles. The summed E-state index contributed by atoms with van der Waals surface area (Å²) in [5.74, 6) is 2.19. The zero-order valence-corrected chi connectivity index (χ0v) is 18.8. The van der Waals surface area contributed by atoms with E-state index in [9.17, 15) is 4.57 Å². The largest absolute Gasteiger partial charge is 0.469 e. The maximum Gasteiger partial charge on any atom is 0.469 e. The number of phosphoric acid groups is 1. The van der Waals surface area contributed by atoms with Gasteiger partial charge in [-0.05, 0) is 79.2 Å². The molecule has 3 atom stereocenters. The van der Waals surface area contributed by atoms with Gasteiger partial charge in [0.25, 0.3) is 0 Å². The van der Waals surface area contributed by atoms with Crippen molar-refractivity contribution in [3.05, 3.63) is 65.2 Å². The lowest BCUT2D eigenvalue weighted by atomic mass is 9.82. The molecular formula is C23H30NO4PS. The van der Waals surface area contributed by atoms with E-state index >= 15 is 0 Å². The molecule has 0 saturated heterocycles. The molecule has 2 aromatic rings. The van der Waals surface area contributed by atoms with Crippen LogP contribution in [0.2, 0.25) is 0 Å². The first-order chi connectivity index (χ1) is 14.3. The Bertz CT molecular complexity index is 919. The second kappa shape index (κ2) is 9.15. The SMILES string of the molecule is N[C@]1(COP(=O)(O)O)CC[C@H](c2ccc3c(c2)CCC(CSc2ccccc2)C3)C1. The predicted molar refractivity (Wildman–Crippen MR) is 121 cm³/mol. The van der Waals surface area contributed by atoms with Gasteiger partial charge in [0.15, 0.2) is 0 Å². The van der Waals surface area contributed by atoms with Gasteiger partial charge in [-0.25, -0.2) is 4.57 Å². The van der Waals surface area contributed by atoms with E-state index in [4.69, 9.17) is 20.0 Å². The number of benzene rings is 2. The van der Waals surface area contributed by atoms with Crippen LogP contribution in [0.3, 0.4) is 0 Å². The van der Waals surface area contributed by atoms with Gasteiger partial charge in [0.05, 0.1) is 6.61 Å². The van der Waals surface area contributed by atoms with Crippen LogP contribution in [0, 0.1) is 5.92 Å². The number of thioether (sulfide) groups is 1. The van der Waals surface area contributed by atoms with E-state index in [-0.39, 0.29) is 6.61 Å². The summed E-state index contributed by atoms with van der Waals surface area (Å²) in [6, 6.07) is 17.5. The first-order valence-corrected chi connectivity index (χ1v) is 13.1. The summed E-state index contributed by atoms with van der Waals surface area (Å²) in [7, 11) is -4.48. The highest BCUT2D eigenvalue weighted by Gasteiger charge is 2.38. The van der Waals surface area contributed by atoms with Gasteiger partial charge in [0, 0.05) is 16.2 Å². The van der Waals surface area contributed by atoms with Crippen molar-refractivity contribution in [1.82, 2.24) is 0 Å². The molecule has 0 heterocycles. The third kappa shape index (κ3) is 5.76. The number of rotatable bonds is 7. The molecule has 2 aliphatic rings. The normalized spacial score (nSPS) is 26.5. The van der Waals surface area contributed by atoms with E-state index in [1.165, 1.54) is 28.0 Å². The monoisotopic (exact) mass is 447 g/mol. The molecular weight excluding hydrogens is 417 g/mol. The third-order valence-electron chi connectivity index (χ3n) is 6.42. The Morgan fingerprint density at radius 3 is 2.70 bits per heavy atom. The molecule has 4 N–H and O–H groups in total. The summed E-state index contributed by atoms with van der Waals surface area (Å²) in [6.07, 6.45) is 5.81. The van der Waals surface area contributed by atoms with Crippen LogP contribution >= 0.6 is 19.6 Å². The minimum atomic E-state index is -4.48. The van der Waals surface area contributed by atoms with Gasteiger partial charge in [-0.3, -0.25) is 4.52 Å². The summed E-state index contributed by atoms with van der Waals surface area (Å²) in [5, 5.41) is 0. The maximum absolute atomic E-state index is 11.0. The fraction of sp³-hybridized carbons (Fsp3) is 0.478. The number of fused-ring (bicyclic) bond motifs is 1. The standard InChI is InChI=1S/C23H30NO4PS/c24-23(16-28-29(25,26)27)11-10-21(14-23)20-9-8-18-12-17(6-7-19(18)13-20)15-30-22-4-2-1-3-5-22/h1-5,8-9,13,17,21H,6-7,10-12,14-16,24H2,(H2,25,26,27)/t17?,21-,23+/m0/s1. The maximum atomic E-state index is 11.0. The highest BCUT2D eigenvalue weighted by atomic mass is 32.2. The van der Waals surface area contributed by atoms with E-state index in [0.717, 1.165) is 25.0 Å². The Labute approximate surface area is 182 Å². The van der Waals surface area contributed by atoms with E-state index < -0.39 is 13.4 Å². The van der Waals surface area contributed by atoms with Gasteiger partial charge in [-0.15, -0.1) is 11.8 Å². The van der Waals surface area contributed by atoms with Crippen LogP contribution in [0.15, 0.2) is 53.4 Å². The zero-order chi connectivity index (χ0) is 21.2. The Morgan fingerprint density at radius 2 is 1.93 bits per heavy atom. The van der Waals surface area contributed by atoms with Crippen LogP contribution < -0.4 is 5.73 Å². The van der Waals surface area contributed by atoms with Gasteiger partial charge in [0.1, 0.15) is 0 Å². The quantitative estimate of drug-likeness (QED) is 0.422. The molecule has 5 nitrogen and oxygen atoms in total. The average molecular weight is 448 g/mol. The molecule has 0 spiro atoms. The number of phosphoric ester groups is 1. The number of nitrogens with two attached hydrogens (primary N) is 1. The van der Waals surface area contributed by atoms with Crippen molar-refractivity contribution in [2.45, 2.75) is 54.9 Å². The molecule has 0 radical (unpaired) electrons. The second-order valence-corrected chi connectivity index (χ2v) is 11.2. The first-order valence-electron chi connectivity index (χ1n) is 10.6. The summed E-state index contributed by atoms with van der Waals surface area (Å²) in [4.78, 5) is 19.3. The van der Waals surface area contributed by atoms with Crippen molar-refractivity contribution in [3.8, 4) is 0 Å². The second-order valence-electron chi connectivity index (χ2n) is 8.83. The molecule has 1 saturated carbocycles. The molecule has 1 unspecified atom stereocenters. The highest BCUT2D eigenvalue weighted by molar-refractivity contribution is 7.99. The van der Waals surface area contributed by atoms with E-state index in [1.54, 1.807) is 0 Å².